The zero-order chi connectivity index (χ0) is 16.4. The Morgan fingerprint density at radius 3 is 2.88 bits per heavy atom. The van der Waals surface area contributed by atoms with Crippen molar-refractivity contribution in [3.8, 4) is 11.6 Å². The van der Waals surface area contributed by atoms with Crippen molar-refractivity contribution in [2.75, 3.05) is 20.2 Å². The van der Waals surface area contributed by atoms with Gasteiger partial charge >= 0.3 is 0 Å². The molecule has 0 aliphatic carbocycles. The van der Waals surface area contributed by atoms with Crippen LogP contribution in [-0.2, 0) is 6.54 Å². The molecule has 0 spiro atoms. The third-order valence-corrected chi connectivity index (χ3v) is 4.23. The van der Waals surface area contributed by atoms with Gasteiger partial charge in [0.2, 0.25) is 5.88 Å². The fraction of sp³-hybridized carbons (Fsp3) is 0.333. The molecule has 1 aromatic carbocycles. The summed E-state index contributed by atoms with van der Waals surface area (Å²) < 4.78 is 11.2. The number of aromatic nitrogens is 3. The zero-order valence-corrected chi connectivity index (χ0v) is 13.6. The third kappa shape index (κ3) is 3.19. The first-order chi connectivity index (χ1) is 11.8. The number of nitrogens with one attached hydrogen (secondary N) is 1. The SMILES string of the molecule is COc1ccc2[nH]c(CN3CC[C@@H](Oc4ccccc4)C3)nc2n1. The van der Waals surface area contributed by atoms with Crippen LogP contribution in [0.25, 0.3) is 11.2 Å². The molecule has 1 N–H and O–H groups in total. The Labute approximate surface area is 140 Å². The molecule has 3 aromatic rings. The zero-order valence-electron chi connectivity index (χ0n) is 13.6. The van der Waals surface area contributed by atoms with Crippen LogP contribution in [-0.4, -0.2) is 46.2 Å². The Hall–Kier alpha value is -2.60. The summed E-state index contributed by atoms with van der Waals surface area (Å²) in [4.78, 5) is 14.6. The predicted octanol–water partition coefficient (Wildman–Crippen LogP) is 2.62. The molecular formula is C18H20N4O2. The Bertz CT molecular complexity index is 818. The number of para-hydroxylation sites is 1. The van der Waals surface area contributed by atoms with Crippen molar-refractivity contribution in [3.05, 3.63) is 48.3 Å². The lowest BCUT2D eigenvalue weighted by Gasteiger charge is -2.15. The molecule has 0 radical (unpaired) electrons. The van der Waals surface area contributed by atoms with E-state index in [4.69, 9.17) is 9.47 Å². The number of hydrogen-bond donors (Lipinski definition) is 1. The summed E-state index contributed by atoms with van der Waals surface area (Å²) in [6, 6.07) is 13.8. The Kier molecular flexibility index (Phi) is 4.04. The van der Waals surface area contributed by atoms with Gasteiger partial charge in [-0.2, -0.15) is 4.98 Å². The first-order valence-electron chi connectivity index (χ1n) is 8.14. The van der Waals surface area contributed by atoms with Crippen LogP contribution in [0.15, 0.2) is 42.5 Å². The number of imidazole rings is 1. The Morgan fingerprint density at radius 1 is 1.17 bits per heavy atom. The van der Waals surface area contributed by atoms with Crippen LogP contribution < -0.4 is 9.47 Å². The van der Waals surface area contributed by atoms with E-state index in [1.807, 2.05) is 42.5 Å². The quantitative estimate of drug-likeness (QED) is 0.781. The lowest BCUT2D eigenvalue weighted by atomic mass is 10.3. The van der Waals surface area contributed by atoms with E-state index >= 15 is 0 Å². The number of methoxy groups -OCH3 is 1. The molecule has 4 rings (SSSR count). The van der Waals surface area contributed by atoms with Gasteiger partial charge in [0.15, 0.2) is 5.65 Å². The minimum Gasteiger partial charge on any atom is -0.489 e. The van der Waals surface area contributed by atoms with Crippen LogP contribution in [0, 0.1) is 0 Å². The van der Waals surface area contributed by atoms with E-state index in [1.54, 1.807) is 7.11 Å². The number of aromatic amines is 1. The number of hydrogen-bond acceptors (Lipinski definition) is 5. The molecule has 1 atom stereocenters. The van der Waals surface area contributed by atoms with Crippen molar-refractivity contribution in [2.24, 2.45) is 0 Å². The van der Waals surface area contributed by atoms with Crippen molar-refractivity contribution < 1.29 is 9.47 Å². The highest BCUT2D eigenvalue weighted by atomic mass is 16.5. The lowest BCUT2D eigenvalue weighted by molar-refractivity contribution is 0.197. The number of H-pyrrole nitrogens is 1. The average Bonchev–Trinajstić information content (AvgIpc) is 3.21. The highest BCUT2D eigenvalue weighted by Gasteiger charge is 2.24. The maximum Gasteiger partial charge on any atom is 0.215 e. The van der Waals surface area contributed by atoms with Gasteiger partial charge in [0, 0.05) is 19.2 Å². The predicted molar refractivity (Wildman–Crippen MR) is 91.2 cm³/mol. The van der Waals surface area contributed by atoms with Gasteiger partial charge in [-0.1, -0.05) is 18.2 Å². The van der Waals surface area contributed by atoms with E-state index in [-0.39, 0.29) is 6.10 Å². The summed E-state index contributed by atoms with van der Waals surface area (Å²) in [5, 5.41) is 0. The smallest absolute Gasteiger partial charge is 0.215 e. The van der Waals surface area contributed by atoms with Crippen LogP contribution in [0.2, 0.25) is 0 Å². The summed E-state index contributed by atoms with van der Waals surface area (Å²) >= 11 is 0. The van der Waals surface area contributed by atoms with E-state index in [0.717, 1.165) is 43.1 Å². The number of nitrogens with zero attached hydrogens (tertiary/aromatic N) is 3. The van der Waals surface area contributed by atoms with Gasteiger partial charge in [0.1, 0.15) is 17.7 Å². The molecule has 1 aliphatic heterocycles. The highest BCUT2D eigenvalue weighted by Crippen LogP contribution is 2.20. The highest BCUT2D eigenvalue weighted by molar-refractivity contribution is 5.71. The van der Waals surface area contributed by atoms with E-state index in [0.29, 0.717) is 11.5 Å². The molecule has 2 aromatic heterocycles. The minimum atomic E-state index is 0.231. The lowest BCUT2D eigenvalue weighted by Crippen LogP contribution is -2.25. The second-order valence-electron chi connectivity index (χ2n) is 5.98. The summed E-state index contributed by atoms with van der Waals surface area (Å²) in [7, 11) is 1.61. The molecule has 0 unspecified atom stereocenters. The second-order valence-corrected chi connectivity index (χ2v) is 5.98. The molecule has 0 saturated carbocycles. The van der Waals surface area contributed by atoms with E-state index < -0.39 is 0 Å². The van der Waals surface area contributed by atoms with Gasteiger partial charge in [-0.25, -0.2) is 4.98 Å². The average molecular weight is 324 g/mol. The van der Waals surface area contributed by atoms with Crippen molar-refractivity contribution in [3.63, 3.8) is 0 Å². The summed E-state index contributed by atoms with van der Waals surface area (Å²) in [6.07, 6.45) is 1.26. The van der Waals surface area contributed by atoms with Crippen LogP contribution in [0.4, 0.5) is 0 Å². The van der Waals surface area contributed by atoms with Gasteiger partial charge in [-0.15, -0.1) is 0 Å². The van der Waals surface area contributed by atoms with Gasteiger partial charge in [-0.3, -0.25) is 4.90 Å². The number of ether oxygens (including phenoxy) is 2. The molecule has 1 fully saturated rings. The summed E-state index contributed by atoms with van der Waals surface area (Å²) in [5.74, 6) is 2.44. The van der Waals surface area contributed by atoms with Crippen molar-refractivity contribution in [1.29, 1.82) is 0 Å². The number of fused-ring (bicyclic) bond motifs is 1. The number of pyridine rings is 1. The van der Waals surface area contributed by atoms with Crippen LogP contribution in [0.3, 0.4) is 0 Å². The topological polar surface area (TPSA) is 63.3 Å². The van der Waals surface area contributed by atoms with Gasteiger partial charge < -0.3 is 14.5 Å². The summed E-state index contributed by atoms with van der Waals surface area (Å²) in [5.41, 5.74) is 1.63. The molecule has 1 aliphatic rings. The third-order valence-electron chi connectivity index (χ3n) is 4.23. The normalized spacial score (nSPS) is 18.1. The van der Waals surface area contributed by atoms with E-state index in [1.165, 1.54) is 0 Å². The Morgan fingerprint density at radius 2 is 2.04 bits per heavy atom. The first-order valence-corrected chi connectivity index (χ1v) is 8.14. The van der Waals surface area contributed by atoms with Crippen LogP contribution in [0.5, 0.6) is 11.6 Å². The molecule has 6 heteroatoms. The fourth-order valence-electron chi connectivity index (χ4n) is 3.05. The molecule has 24 heavy (non-hydrogen) atoms. The van der Waals surface area contributed by atoms with Crippen LogP contribution in [0.1, 0.15) is 12.2 Å². The minimum absolute atomic E-state index is 0.231. The molecule has 3 heterocycles. The molecule has 124 valence electrons. The maximum absolute atomic E-state index is 6.03. The van der Waals surface area contributed by atoms with Crippen molar-refractivity contribution >= 4 is 11.2 Å². The van der Waals surface area contributed by atoms with Crippen LogP contribution >= 0.6 is 0 Å². The number of benzene rings is 1. The number of rotatable bonds is 5. The van der Waals surface area contributed by atoms with Gasteiger partial charge in [0.05, 0.1) is 19.2 Å². The van der Waals surface area contributed by atoms with Crippen molar-refractivity contribution in [1.82, 2.24) is 19.9 Å². The Balaban J connectivity index is 1.39. The largest absolute Gasteiger partial charge is 0.489 e. The fourth-order valence-corrected chi connectivity index (χ4v) is 3.05. The van der Waals surface area contributed by atoms with Crippen molar-refractivity contribution in [2.45, 2.75) is 19.1 Å². The first kappa shape index (κ1) is 15.0. The monoisotopic (exact) mass is 324 g/mol. The molecule has 6 nitrogen and oxygen atoms in total. The molecule has 0 amide bonds. The maximum atomic E-state index is 6.03. The second kappa shape index (κ2) is 6.49. The van der Waals surface area contributed by atoms with Gasteiger partial charge in [0.25, 0.3) is 0 Å². The van der Waals surface area contributed by atoms with E-state index in [2.05, 4.69) is 19.9 Å². The van der Waals surface area contributed by atoms with E-state index in [9.17, 15) is 0 Å². The number of likely N-dealkylation sites (tertiary alicyclic amines) is 1. The molecule has 0 bridgehead atoms. The molecular weight excluding hydrogens is 304 g/mol. The molecule has 1 saturated heterocycles. The van der Waals surface area contributed by atoms with Gasteiger partial charge in [-0.05, 0) is 24.6 Å². The summed E-state index contributed by atoms with van der Waals surface area (Å²) in [6.45, 7) is 2.68. The standard InChI is InChI=1S/C18H20N4O2/c1-23-17-8-7-15-18(21-17)20-16(19-15)12-22-10-9-14(11-22)24-13-5-3-2-4-6-13/h2-8,14H,9-12H2,1H3,(H,19,20,21)/t14-/m1/s1.